The van der Waals surface area contributed by atoms with Crippen molar-refractivity contribution in [1.82, 2.24) is 20.4 Å². The zero-order chi connectivity index (χ0) is 28.2. The number of benzene rings is 2. The molecule has 2 aliphatic rings. The molecule has 2 aromatic rings. The fraction of sp³-hybridized carbons (Fsp3) is 0.516. The molecule has 216 valence electrons. The Labute approximate surface area is 237 Å². The van der Waals surface area contributed by atoms with Gasteiger partial charge in [0.2, 0.25) is 11.8 Å². The molecule has 1 spiro atoms. The van der Waals surface area contributed by atoms with Crippen molar-refractivity contribution in [2.24, 2.45) is 0 Å². The lowest BCUT2D eigenvalue weighted by molar-refractivity contribution is -0.161. The van der Waals surface area contributed by atoms with Gasteiger partial charge in [-0.05, 0) is 49.7 Å². The third kappa shape index (κ3) is 7.82. The highest BCUT2D eigenvalue weighted by atomic mass is 16.5. The molecule has 9 nitrogen and oxygen atoms in total. The van der Waals surface area contributed by atoms with Gasteiger partial charge in [0.25, 0.3) is 0 Å². The lowest BCUT2D eigenvalue weighted by atomic mass is 9.81. The molecule has 2 N–H and O–H groups in total. The monoisotopic (exact) mass is 550 g/mol. The summed E-state index contributed by atoms with van der Waals surface area (Å²) in [5.41, 5.74) is 1.40. The van der Waals surface area contributed by atoms with Gasteiger partial charge in [-0.3, -0.25) is 9.59 Å². The predicted molar refractivity (Wildman–Crippen MR) is 153 cm³/mol. The standard InChI is InChI=1S/C31H42N4O5/c1-39-23-9-19-35-28(36)27(14-8-18-32-30(38)40-24-26-12-6-3-7-13-26)33-29(37)31(35)16-21-34(22-17-31)20-15-25-10-4-2-5-11-25/h2-7,10-13,27H,8-9,14-24H2,1H3,(H,32,38)(H,33,37)/t27-/m0/s1. The molecule has 0 aliphatic carbocycles. The smallest absolute Gasteiger partial charge is 0.407 e. The number of likely N-dealkylation sites (tertiary alicyclic amines) is 1. The first kappa shape index (κ1) is 29.6. The van der Waals surface area contributed by atoms with Crippen LogP contribution >= 0.6 is 0 Å². The van der Waals surface area contributed by atoms with Crippen molar-refractivity contribution in [2.75, 3.05) is 46.4 Å². The number of nitrogens with zero attached hydrogens (tertiary/aromatic N) is 2. The van der Waals surface area contributed by atoms with Crippen molar-refractivity contribution in [3.05, 3.63) is 71.8 Å². The number of nitrogens with one attached hydrogen (secondary N) is 2. The summed E-state index contributed by atoms with van der Waals surface area (Å²) in [5, 5.41) is 5.77. The number of rotatable bonds is 13. The molecular weight excluding hydrogens is 508 g/mol. The number of ether oxygens (including phenoxy) is 2. The van der Waals surface area contributed by atoms with Crippen LogP contribution in [-0.2, 0) is 32.1 Å². The highest BCUT2D eigenvalue weighted by molar-refractivity contribution is 6.00. The van der Waals surface area contributed by atoms with Crippen LogP contribution in [0.15, 0.2) is 60.7 Å². The number of piperidine rings is 1. The first-order chi connectivity index (χ1) is 19.5. The molecule has 0 bridgehead atoms. The van der Waals surface area contributed by atoms with Crippen LogP contribution in [0.5, 0.6) is 0 Å². The van der Waals surface area contributed by atoms with Crippen LogP contribution in [0.2, 0.25) is 0 Å². The summed E-state index contributed by atoms with van der Waals surface area (Å²) in [6.45, 7) is 4.06. The maximum Gasteiger partial charge on any atom is 0.407 e. The molecule has 0 unspecified atom stereocenters. The van der Waals surface area contributed by atoms with Crippen LogP contribution in [0.25, 0.3) is 0 Å². The highest BCUT2D eigenvalue weighted by Gasteiger charge is 2.53. The molecule has 2 aromatic carbocycles. The summed E-state index contributed by atoms with van der Waals surface area (Å²) in [6, 6.07) is 19.3. The zero-order valence-corrected chi connectivity index (χ0v) is 23.5. The van der Waals surface area contributed by atoms with Gasteiger partial charge in [0.15, 0.2) is 0 Å². The second-order valence-electron chi connectivity index (χ2n) is 10.6. The van der Waals surface area contributed by atoms with Gasteiger partial charge in [0, 0.05) is 46.4 Å². The van der Waals surface area contributed by atoms with Crippen LogP contribution in [0, 0.1) is 0 Å². The van der Waals surface area contributed by atoms with E-state index < -0.39 is 17.7 Å². The Bertz CT molecular complexity index is 1090. The Morgan fingerprint density at radius 1 is 0.975 bits per heavy atom. The van der Waals surface area contributed by atoms with Gasteiger partial charge in [-0.2, -0.15) is 0 Å². The van der Waals surface area contributed by atoms with E-state index in [1.807, 2.05) is 41.3 Å². The summed E-state index contributed by atoms with van der Waals surface area (Å²) in [4.78, 5) is 43.5. The number of carbonyl (C=O) groups excluding carboxylic acids is 3. The normalized spacial score (nSPS) is 18.9. The summed E-state index contributed by atoms with van der Waals surface area (Å²) in [5.74, 6) is -0.104. The summed E-state index contributed by atoms with van der Waals surface area (Å²) in [6.07, 6.45) is 3.37. The lowest BCUT2D eigenvalue weighted by Crippen LogP contribution is -2.73. The van der Waals surface area contributed by atoms with Gasteiger partial charge >= 0.3 is 6.09 Å². The van der Waals surface area contributed by atoms with Crippen LogP contribution in [-0.4, -0.2) is 85.7 Å². The van der Waals surface area contributed by atoms with E-state index in [-0.39, 0.29) is 18.4 Å². The average Bonchev–Trinajstić information content (AvgIpc) is 2.99. The van der Waals surface area contributed by atoms with E-state index in [9.17, 15) is 14.4 Å². The predicted octanol–water partition coefficient (Wildman–Crippen LogP) is 3.13. The number of carbonyl (C=O) groups is 3. The van der Waals surface area contributed by atoms with E-state index in [0.717, 1.165) is 31.6 Å². The van der Waals surface area contributed by atoms with E-state index >= 15 is 0 Å². The van der Waals surface area contributed by atoms with E-state index in [1.54, 1.807) is 7.11 Å². The number of piperazine rings is 1. The zero-order valence-electron chi connectivity index (χ0n) is 23.5. The third-order valence-electron chi connectivity index (χ3n) is 7.93. The average molecular weight is 551 g/mol. The summed E-state index contributed by atoms with van der Waals surface area (Å²) in [7, 11) is 1.65. The SMILES string of the molecule is COCCCN1C(=O)[C@H](CCCNC(=O)OCc2ccccc2)NC(=O)C12CCN(CCc1ccccc1)CC2. The number of hydrogen-bond donors (Lipinski definition) is 2. The largest absolute Gasteiger partial charge is 0.445 e. The minimum absolute atomic E-state index is 0.0416. The molecule has 2 saturated heterocycles. The van der Waals surface area contributed by atoms with Gasteiger partial charge in [-0.15, -0.1) is 0 Å². The molecule has 2 fully saturated rings. The first-order valence-electron chi connectivity index (χ1n) is 14.3. The fourth-order valence-electron chi connectivity index (χ4n) is 5.61. The first-order valence-corrected chi connectivity index (χ1v) is 14.3. The van der Waals surface area contributed by atoms with E-state index in [1.165, 1.54) is 5.56 Å². The molecular formula is C31H42N4O5. The topological polar surface area (TPSA) is 100 Å². The molecule has 3 amide bonds. The Morgan fingerprint density at radius 2 is 1.65 bits per heavy atom. The molecule has 40 heavy (non-hydrogen) atoms. The maximum atomic E-state index is 13.7. The Balaban J connectivity index is 1.27. The molecule has 2 aliphatic heterocycles. The van der Waals surface area contributed by atoms with Gasteiger partial charge in [-0.25, -0.2) is 4.79 Å². The molecule has 1 atom stereocenters. The minimum Gasteiger partial charge on any atom is -0.445 e. The van der Waals surface area contributed by atoms with Gasteiger partial charge in [0.05, 0.1) is 0 Å². The quantitative estimate of drug-likeness (QED) is 0.372. The number of hydrogen-bond acceptors (Lipinski definition) is 6. The van der Waals surface area contributed by atoms with Crippen LogP contribution in [0.1, 0.15) is 43.2 Å². The van der Waals surface area contributed by atoms with Gasteiger partial charge < -0.3 is 29.9 Å². The lowest BCUT2D eigenvalue weighted by Gasteiger charge is -2.51. The van der Waals surface area contributed by atoms with Crippen LogP contribution in [0.4, 0.5) is 4.79 Å². The Kier molecular flexibility index (Phi) is 10.9. The van der Waals surface area contributed by atoms with Crippen molar-refractivity contribution in [3.8, 4) is 0 Å². The fourth-order valence-corrected chi connectivity index (χ4v) is 5.61. The van der Waals surface area contributed by atoms with Crippen LogP contribution in [0.3, 0.4) is 0 Å². The van der Waals surface area contributed by atoms with E-state index in [4.69, 9.17) is 9.47 Å². The van der Waals surface area contributed by atoms with Crippen molar-refractivity contribution in [1.29, 1.82) is 0 Å². The second kappa shape index (κ2) is 14.8. The summed E-state index contributed by atoms with van der Waals surface area (Å²) >= 11 is 0. The molecule has 0 radical (unpaired) electrons. The van der Waals surface area contributed by atoms with Crippen molar-refractivity contribution >= 4 is 17.9 Å². The number of amides is 3. The molecule has 9 heteroatoms. The van der Waals surface area contributed by atoms with Crippen molar-refractivity contribution < 1.29 is 23.9 Å². The second-order valence-corrected chi connectivity index (χ2v) is 10.6. The van der Waals surface area contributed by atoms with Crippen molar-refractivity contribution in [3.63, 3.8) is 0 Å². The van der Waals surface area contributed by atoms with Gasteiger partial charge in [-0.1, -0.05) is 60.7 Å². The third-order valence-corrected chi connectivity index (χ3v) is 7.93. The Hall–Kier alpha value is -3.43. The van der Waals surface area contributed by atoms with Crippen molar-refractivity contribution in [2.45, 2.75) is 56.7 Å². The molecule has 4 rings (SSSR count). The van der Waals surface area contributed by atoms with Gasteiger partial charge in [0.1, 0.15) is 18.2 Å². The molecule has 2 heterocycles. The maximum absolute atomic E-state index is 13.7. The highest BCUT2D eigenvalue weighted by Crippen LogP contribution is 2.34. The molecule has 0 aromatic heterocycles. The van der Waals surface area contributed by atoms with E-state index in [0.29, 0.717) is 51.8 Å². The van der Waals surface area contributed by atoms with E-state index in [2.05, 4.69) is 39.8 Å². The minimum atomic E-state index is -0.815. The number of methoxy groups -OCH3 is 1. The number of alkyl carbamates (subject to hydrolysis) is 1. The molecule has 0 saturated carbocycles. The summed E-state index contributed by atoms with van der Waals surface area (Å²) < 4.78 is 10.5. The van der Waals surface area contributed by atoms with Crippen LogP contribution < -0.4 is 10.6 Å². The Morgan fingerprint density at radius 3 is 2.33 bits per heavy atom.